The number of thiophene rings is 1. The maximum absolute atomic E-state index is 13.4. The largest absolute Gasteiger partial charge is 0.322 e. The van der Waals surface area contributed by atoms with Gasteiger partial charge in [-0.25, -0.2) is 0 Å². The Kier molecular flexibility index (Phi) is 5.99. The molecular weight excluding hydrogens is 434 g/mol. The maximum atomic E-state index is 13.4. The summed E-state index contributed by atoms with van der Waals surface area (Å²) in [7, 11) is 0. The normalized spacial score (nSPS) is 12.7. The standard InChI is InChI=1S/C25H23N5O2S/c31-23(18-7-4-11-26-15-18)29-25-22(20-9-1-2-10-21(20)33-25)24(32)28-19-8-3-6-17(14-19)16-30-13-5-12-27-30/h3-8,11-15H,1-2,9-10,16H2,(H,28,32)(H,29,31). The molecule has 33 heavy (non-hydrogen) atoms. The molecule has 0 aliphatic heterocycles. The Morgan fingerprint density at radius 1 is 1.00 bits per heavy atom. The minimum atomic E-state index is -0.267. The molecular formula is C25H23N5O2S. The number of nitrogens with zero attached hydrogens (tertiary/aromatic N) is 3. The number of aromatic nitrogens is 3. The highest BCUT2D eigenvalue weighted by atomic mass is 32.1. The molecule has 0 radical (unpaired) electrons. The number of carbonyl (C=O) groups is 2. The van der Waals surface area contributed by atoms with Gasteiger partial charge in [0.15, 0.2) is 0 Å². The van der Waals surface area contributed by atoms with Gasteiger partial charge in [-0.3, -0.25) is 19.3 Å². The minimum absolute atomic E-state index is 0.202. The molecule has 0 saturated heterocycles. The quantitative estimate of drug-likeness (QED) is 0.436. The third-order valence-corrected chi connectivity index (χ3v) is 6.85. The van der Waals surface area contributed by atoms with Gasteiger partial charge in [0.1, 0.15) is 5.00 Å². The van der Waals surface area contributed by atoms with E-state index < -0.39 is 0 Å². The van der Waals surface area contributed by atoms with Crippen LogP contribution < -0.4 is 10.6 Å². The average Bonchev–Trinajstić information content (AvgIpc) is 3.47. The molecule has 1 aromatic carbocycles. The van der Waals surface area contributed by atoms with Crippen LogP contribution in [0, 0.1) is 0 Å². The van der Waals surface area contributed by atoms with E-state index in [9.17, 15) is 9.59 Å². The van der Waals surface area contributed by atoms with Crippen molar-refractivity contribution in [2.75, 3.05) is 10.6 Å². The van der Waals surface area contributed by atoms with Crippen molar-refractivity contribution >= 4 is 33.8 Å². The number of anilines is 2. The lowest BCUT2D eigenvalue weighted by molar-refractivity contribution is 0.102. The molecule has 1 aliphatic carbocycles. The number of rotatable bonds is 6. The monoisotopic (exact) mass is 457 g/mol. The average molecular weight is 458 g/mol. The molecule has 2 amide bonds. The zero-order valence-corrected chi connectivity index (χ0v) is 18.8. The van der Waals surface area contributed by atoms with E-state index >= 15 is 0 Å². The maximum Gasteiger partial charge on any atom is 0.258 e. The van der Waals surface area contributed by atoms with Crippen LogP contribution in [0.25, 0.3) is 0 Å². The van der Waals surface area contributed by atoms with Gasteiger partial charge in [-0.15, -0.1) is 11.3 Å². The van der Waals surface area contributed by atoms with Gasteiger partial charge < -0.3 is 10.6 Å². The van der Waals surface area contributed by atoms with Crippen molar-refractivity contribution in [3.8, 4) is 0 Å². The second-order valence-corrected chi connectivity index (χ2v) is 9.07. The summed E-state index contributed by atoms with van der Waals surface area (Å²) in [6.07, 6.45) is 10.7. The predicted octanol–water partition coefficient (Wildman–Crippen LogP) is 4.77. The van der Waals surface area contributed by atoms with Crippen LogP contribution in [0.15, 0.2) is 67.3 Å². The highest BCUT2D eigenvalue weighted by molar-refractivity contribution is 7.17. The molecule has 4 aromatic rings. The van der Waals surface area contributed by atoms with Gasteiger partial charge in [0, 0.05) is 35.4 Å². The van der Waals surface area contributed by atoms with Gasteiger partial charge in [0.2, 0.25) is 0 Å². The van der Waals surface area contributed by atoms with E-state index in [-0.39, 0.29) is 11.8 Å². The van der Waals surface area contributed by atoms with Crippen molar-refractivity contribution in [3.05, 3.63) is 94.4 Å². The van der Waals surface area contributed by atoms with Crippen LogP contribution >= 0.6 is 11.3 Å². The Labute approximate surface area is 195 Å². The van der Waals surface area contributed by atoms with Crippen molar-refractivity contribution in [2.45, 2.75) is 32.2 Å². The lowest BCUT2D eigenvalue weighted by Gasteiger charge is -2.14. The smallest absolute Gasteiger partial charge is 0.258 e. The van der Waals surface area contributed by atoms with Gasteiger partial charge in [-0.05, 0) is 67.1 Å². The highest BCUT2D eigenvalue weighted by Crippen LogP contribution is 2.38. The van der Waals surface area contributed by atoms with Crippen molar-refractivity contribution in [1.82, 2.24) is 14.8 Å². The summed E-state index contributed by atoms with van der Waals surface area (Å²) < 4.78 is 1.84. The molecule has 2 N–H and O–H groups in total. The summed E-state index contributed by atoms with van der Waals surface area (Å²) in [5.41, 5.74) is 3.84. The molecule has 3 aromatic heterocycles. The molecule has 0 unspecified atom stereocenters. The van der Waals surface area contributed by atoms with E-state index in [0.717, 1.165) is 36.8 Å². The summed E-state index contributed by atoms with van der Waals surface area (Å²) >= 11 is 1.50. The fourth-order valence-corrected chi connectivity index (χ4v) is 5.37. The van der Waals surface area contributed by atoms with E-state index in [1.807, 2.05) is 41.2 Å². The number of carbonyl (C=O) groups excluding carboxylic acids is 2. The number of aryl methyl sites for hydroxylation is 1. The number of pyridine rings is 1. The van der Waals surface area contributed by atoms with Gasteiger partial charge in [-0.1, -0.05) is 12.1 Å². The second-order valence-electron chi connectivity index (χ2n) is 7.97. The van der Waals surface area contributed by atoms with E-state index in [4.69, 9.17) is 0 Å². The number of fused-ring (bicyclic) bond motifs is 1. The number of hydrogen-bond donors (Lipinski definition) is 2. The Morgan fingerprint density at radius 2 is 1.91 bits per heavy atom. The molecule has 3 heterocycles. The second kappa shape index (κ2) is 9.38. The number of amides is 2. The first-order valence-electron chi connectivity index (χ1n) is 10.9. The summed E-state index contributed by atoms with van der Waals surface area (Å²) in [5, 5.41) is 10.8. The number of hydrogen-bond acceptors (Lipinski definition) is 5. The van der Waals surface area contributed by atoms with E-state index in [2.05, 4.69) is 20.7 Å². The zero-order valence-electron chi connectivity index (χ0n) is 18.0. The van der Waals surface area contributed by atoms with Crippen LogP contribution in [0.1, 0.15) is 49.6 Å². The molecule has 8 heteroatoms. The zero-order chi connectivity index (χ0) is 22.6. The van der Waals surface area contributed by atoms with Crippen LogP contribution in [-0.2, 0) is 19.4 Å². The molecule has 0 fully saturated rings. The Hall–Kier alpha value is -3.78. The predicted molar refractivity (Wildman–Crippen MR) is 129 cm³/mol. The van der Waals surface area contributed by atoms with Crippen LogP contribution in [-0.4, -0.2) is 26.6 Å². The Morgan fingerprint density at radius 3 is 2.73 bits per heavy atom. The van der Waals surface area contributed by atoms with Gasteiger partial charge in [-0.2, -0.15) is 5.10 Å². The molecule has 0 bridgehead atoms. The first-order chi connectivity index (χ1) is 16.2. The highest BCUT2D eigenvalue weighted by Gasteiger charge is 2.26. The summed E-state index contributed by atoms with van der Waals surface area (Å²) in [5.74, 6) is -0.468. The molecule has 7 nitrogen and oxygen atoms in total. The lowest BCUT2D eigenvalue weighted by atomic mass is 9.95. The van der Waals surface area contributed by atoms with E-state index in [1.165, 1.54) is 22.4 Å². The summed E-state index contributed by atoms with van der Waals surface area (Å²) in [6.45, 7) is 0.622. The Balaban J connectivity index is 1.40. The first-order valence-corrected chi connectivity index (χ1v) is 11.7. The molecule has 1 aliphatic rings. The molecule has 0 atom stereocenters. The van der Waals surface area contributed by atoms with Crippen molar-refractivity contribution < 1.29 is 9.59 Å². The number of benzene rings is 1. The van der Waals surface area contributed by atoms with Crippen LogP contribution in [0.3, 0.4) is 0 Å². The minimum Gasteiger partial charge on any atom is -0.322 e. The first kappa shape index (κ1) is 21.1. The molecule has 0 spiro atoms. The van der Waals surface area contributed by atoms with Crippen LogP contribution in [0.5, 0.6) is 0 Å². The number of nitrogens with one attached hydrogen (secondary N) is 2. The fourth-order valence-electron chi connectivity index (χ4n) is 4.09. The summed E-state index contributed by atoms with van der Waals surface area (Å²) in [4.78, 5) is 31.4. The van der Waals surface area contributed by atoms with Crippen molar-refractivity contribution in [3.63, 3.8) is 0 Å². The Bertz CT molecular complexity index is 1280. The van der Waals surface area contributed by atoms with Crippen LogP contribution in [0.4, 0.5) is 10.7 Å². The van der Waals surface area contributed by atoms with Crippen molar-refractivity contribution in [2.24, 2.45) is 0 Å². The molecule has 0 saturated carbocycles. The van der Waals surface area contributed by atoms with Crippen LogP contribution in [0.2, 0.25) is 0 Å². The third-order valence-electron chi connectivity index (χ3n) is 5.64. The third kappa shape index (κ3) is 4.70. The van der Waals surface area contributed by atoms with E-state index in [0.29, 0.717) is 28.4 Å². The topological polar surface area (TPSA) is 88.9 Å². The lowest BCUT2D eigenvalue weighted by Crippen LogP contribution is -2.19. The summed E-state index contributed by atoms with van der Waals surface area (Å²) in [6, 6.07) is 13.1. The van der Waals surface area contributed by atoms with Crippen molar-refractivity contribution in [1.29, 1.82) is 0 Å². The SMILES string of the molecule is O=C(Nc1sc2c(c1C(=O)Nc1cccc(Cn3cccn3)c1)CCCC2)c1cccnc1. The van der Waals surface area contributed by atoms with Gasteiger partial charge >= 0.3 is 0 Å². The fraction of sp³-hybridized carbons (Fsp3) is 0.200. The van der Waals surface area contributed by atoms with Gasteiger partial charge in [0.05, 0.1) is 17.7 Å². The van der Waals surface area contributed by atoms with Gasteiger partial charge in [0.25, 0.3) is 11.8 Å². The molecule has 5 rings (SSSR count). The van der Waals surface area contributed by atoms with E-state index in [1.54, 1.807) is 24.5 Å². The molecule has 166 valence electrons.